The zero-order chi connectivity index (χ0) is 22.7. The SMILES string of the molecule is COc1ccccc1N(C)S(=O)(=O)c1ccc(C(=O)N2CCCCC2C2OCCO2)cc1. The van der Waals surface area contributed by atoms with E-state index >= 15 is 0 Å². The van der Waals surface area contributed by atoms with E-state index in [9.17, 15) is 13.2 Å². The number of anilines is 1. The highest BCUT2D eigenvalue weighted by Crippen LogP contribution is 2.31. The van der Waals surface area contributed by atoms with Gasteiger partial charge in [0.05, 0.1) is 36.9 Å². The minimum absolute atomic E-state index is 0.0973. The van der Waals surface area contributed by atoms with Crippen molar-refractivity contribution in [3.8, 4) is 5.75 Å². The maximum Gasteiger partial charge on any atom is 0.264 e. The van der Waals surface area contributed by atoms with Crippen molar-refractivity contribution in [1.29, 1.82) is 0 Å². The molecule has 172 valence electrons. The molecule has 1 unspecified atom stereocenters. The van der Waals surface area contributed by atoms with Crippen LogP contribution in [0.2, 0.25) is 0 Å². The molecule has 32 heavy (non-hydrogen) atoms. The predicted molar refractivity (Wildman–Crippen MR) is 119 cm³/mol. The minimum atomic E-state index is -3.83. The van der Waals surface area contributed by atoms with E-state index in [1.807, 2.05) is 0 Å². The van der Waals surface area contributed by atoms with Crippen molar-refractivity contribution < 1.29 is 27.4 Å². The Morgan fingerprint density at radius 3 is 2.44 bits per heavy atom. The van der Waals surface area contributed by atoms with E-state index in [0.717, 1.165) is 19.3 Å². The number of para-hydroxylation sites is 2. The van der Waals surface area contributed by atoms with Crippen molar-refractivity contribution in [2.45, 2.75) is 36.5 Å². The second-order valence-corrected chi connectivity index (χ2v) is 9.81. The fourth-order valence-electron chi connectivity index (χ4n) is 4.20. The lowest BCUT2D eigenvalue weighted by atomic mass is 10.00. The van der Waals surface area contributed by atoms with Gasteiger partial charge in [0.15, 0.2) is 6.29 Å². The van der Waals surface area contributed by atoms with Crippen LogP contribution in [-0.2, 0) is 19.5 Å². The summed E-state index contributed by atoms with van der Waals surface area (Å²) in [5, 5.41) is 0. The molecule has 2 saturated heterocycles. The maximum atomic E-state index is 13.2. The largest absolute Gasteiger partial charge is 0.495 e. The van der Waals surface area contributed by atoms with Crippen LogP contribution in [0.5, 0.6) is 5.75 Å². The fraction of sp³-hybridized carbons (Fsp3) is 0.435. The Hall–Kier alpha value is -2.62. The molecule has 9 heteroatoms. The lowest BCUT2D eigenvalue weighted by Crippen LogP contribution is -2.50. The molecule has 0 bridgehead atoms. The topological polar surface area (TPSA) is 85.4 Å². The number of sulfonamides is 1. The molecule has 0 radical (unpaired) electrons. The Balaban J connectivity index is 1.54. The number of hydrogen-bond acceptors (Lipinski definition) is 6. The summed E-state index contributed by atoms with van der Waals surface area (Å²) in [5.41, 5.74) is 0.872. The van der Waals surface area contributed by atoms with Gasteiger partial charge in [-0.05, 0) is 55.7 Å². The molecular weight excluding hydrogens is 432 g/mol. The third-order valence-corrected chi connectivity index (χ3v) is 7.74. The van der Waals surface area contributed by atoms with Crippen LogP contribution in [0.4, 0.5) is 5.69 Å². The molecule has 0 N–H and O–H groups in total. The van der Waals surface area contributed by atoms with Crippen LogP contribution in [0.1, 0.15) is 29.6 Å². The first-order valence-corrected chi connectivity index (χ1v) is 12.1. The van der Waals surface area contributed by atoms with Crippen LogP contribution in [0.25, 0.3) is 0 Å². The second-order valence-electron chi connectivity index (χ2n) is 7.84. The summed E-state index contributed by atoms with van der Waals surface area (Å²) in [6.45, 7) is 1.70. The molecule has 4 rings (SSSR count). The predicted octanol–water partition coefficient (Wildman–Crippen LogP) is 2.89. The summed E-state index contributed by atoms with van der Waals surface area (Å²) in [6.07, 6.45) is 2.37. The molecule has 8 nitrogen and oxygen atoms in total. The molecule has 0 spiro atoms. The molecular formula is C23H28N2O6S. The van der Waals surface area contributed by atoms with E-state index in [2.05, 4.69) is 0 Å². The van der Waals surface area contributed by atoms with Gasteiger partial charge in [-0.2, -0.15) is 0 Å². The first-order chi connectivity index (χ1) is 15.4. The van der Waals surface area contributed by atoms with Crippen LogP contribution in [0.15, 0.2) is 53.4 Å². The molecule has 1 atom stereocenters. The summed E-state index contributed by atoms with van der Waals surface area (Å²) in [7, 11) is -0.854. The van der Waals surface area contributed by atoms with E-state index in [1.54, 1.807) is 41.3 Å². The van der Waals surface area contributed by atoms with Crippen LogP contribution < -0.4 is 9.04 Å². The lowest BCUT2D eigenvalue weighted by molar-refractivity contribution is -0.100. The number of rotatable bonds is 6. The molecule has 2 fully saturated rings. The van der Waals surface area contributed by atoms with Crippen LogP contribution >= 0.6 is 0 Å². The zero-order valence-corrected chi connectivity index (χ0v) is 19.1. The van der Waals surface area contributed by atoms with E-state index in [0.29, 0.717) is 36.8 Å². The second kappa shape index (κ2) is 9.48. The van der Waals surface area contributed by atoms with Crippen molar-refractivity contribution in [1.82, 2.24) is 4.90 Å². The number of benzene rings is 2. The molecule has 2 aromatic rings. The number of methoxy groups -OCH3 is 1. The highest BCUT2D eigenvalue weighted by atomic mass is 32.2. The molecule has 0 aromatic heterocycles. The Morgan fingerprint density at radius 1 is 1.06 bits per heavy atom. The van der Waals surface area contributed by atoms with E-state index in [4.69, 9.17) is 14.2 Å². The van der Waals surface area contributed by atoms with Gasteiger partial charge in [-0.3, -0.25) is 9.10 Å². The third-order valence-electron chi connectivity index (χ3n) is 5.96. The molecule has 0 saturated carbocycles. The van der Waals surface area contributed by atoms with Crippen molar-refractivity contribution >= 4 is 21.6 Å². The minimum Gasteiger partial charge on any atom is -0.495 e. The molecule has 1 amide bonds. The maximum absolute atomic E-state index is 13.2. The quantitative estimate of drug-likeness (QED) is 0.659. The molecule has 2 aromatic carbocycles. The summed E-state index contributed by atoms with van der Waals surface area (Å²) in [5.74, 6) is 0.314. The third kappa shape index (κ3) is 4.32. The Kier molecular flexibility index (Phi) is 6.68. The van der Waals surface area contributed by atoms with E-state index in [1.165, 1.54) is 30.6 Å². The molecule has 0 aliphatic carbocycles. The first-order valence-electron chi connectivity index (χ1n) is 10.7. The van der Waals surface area contributed by atoms with Gasteiger partial charge in [0.25, 0.3) is 15.9 Å². The van der Waals surface area contributed by atoms with Crippen molar-refractivity contribution in [2.24, 2.45) is 0 Å². The van der Waals surface area contributed by atoms with Gasteiger partial charge in [0.1, 0.15) is 5.75 Å². The highest BCUT2D eigenvalue weighted by Gasteiger charge is 2.36. The fourth-order valence-corrected chi connectivity index (χ4v) is 5.41. The molecule has 2 aliphatic rings. The molecule has 2 heterocycles. The number of piperidine rings is 1. The molecule has 2 aliphatic heterocycles. The van der Waals surface area contributed by atoms with Crippen molar-refractivity contribution in [3.63, 3.8) is 0 Å². The average molecular weight is 461 g/mol. The summed E-state index contributed by atoms with van der Waals surface area (Å²) in [6, 6.07) is 12.8. The number of hydrogen-bond donors (Lipinski definition) is 0. The van der Waals surface area contributed by atoms with Crippen LogP contribution in [-0.4, -0.2) is 65.5 Å². The van der Waals surface area contributed by atoms with Crippen molar-refractivity contribution in [2.75, 3.05) is 38.2 Å². The Labute approximate surface area is 188 Å². The highest BCUT2D eigenvalue weighted by molar-refractivity contribution is 7.92. The smallest absolute Gasteiger partial charge is 0.264 e. The number of nitrogens with zero attached hydrogens (tertiary/aromatic N) is 2. The average Bonchev–Trinajstić information content (AvgIpc) is 3.38. The van der Waals surface area contributed by atoms with Crippen LogP contribution in [0.3, 0.4) is 0 Å². The van der Waals surface area contributed by atoms with Gasteiger partial charge in [0, 0.05) is 19.2 Å². The van der Waals surface area contributed by atoms with Gasteiger partial charge in [-0.25, -0.2) is 8.42 Å². The van der Waals surface area contributed by atoms with E-state index in [-0.39, 0.29) is 16.8 Å². The summed E-state index contributed by atoms with van der Waals surface area (Å²) < 4.78 is 44.1. The normalized spacial score (nSPS) is 19.7. The van der Waals surface area contributed by atoms with Crippen LogP contribution in [0, 0.1) is 0 Å². The number of likely N-dealkylation sites (tertiary alicyclic amines) is 1. The monoisotopic (exact) mass is 460 g/mol. The van der Waals surface area contributed by atoms with Crippen molar-refractivity contribution in [3.05, 3.63) is 54.1 Å². The summed E-state index contributed by atoms with van der Waals surface area (Å²) in [4.78, 5) is 15.1. The standard InChI is InChI=1S/C23H28N2O6S/c1-24(19-7-3-4-9-21(19)29-2)32(27,28)18-12-10-17(11-13-18)22(26)25-14-6-5-8-20(25)23-30-15-16-31-23/h3-4,7,9-13,20,23H,5-6,8,14-16H2,1-2H3. The Morgan fingerprint density at radius 2 is 1.75 bits per heavy atom. The van der Waals surface area contributed by atoms with Gasteiger partial charge < -0.3 is 19.1 Å². The van der Waals surface area contributed by atoms with Gasteiger partial charge in [0.2, 0.25) is 0 Å². The van der Waals surface area contributed by atoms with Gasteiger partial charge in [-0.1, -0.05) is 12.1 Å². The number of ether oxygens (including phenoxy) is 3. The van der Waals surface area contributed by atoms with E-state index < -0.39 is 16.3 Å². The Bertz CT molecular complexity index is 1050. The lowest BCUT2D eigenvalue weighted by Gasteiger charge is -2.38. The first kappa shape index (κ1) is 22.6. The number of carbonyl (C=O) groups is 1. The van der Waals surface area contributed by atoms with Gasteiger partial charge >= 0.3 is 0 Å². The van der Waals surface area contributed by atoms with Gasteiger partial charge in [-0.15, -0.1) is 0 Å². The zero-order valence-electron chi connectivity index (χ0n) is 18.3. The summed E-state index contributed by atoms with van der Waals surface area (Å²) >= 11 is 0. The number of carbonyl (C=O) groups excluding carboxylic acids is 1. The number of amides is 1.